The van der Waals surface area contributed by atoms with Crippen molar-refractivity contribution in [2.24, 2.45) is 11.3 Å². The first-order valence-electron chi connectivity index (χ1n) is 7.84. The fourth-order valence-corrected chi connectivity index (χ4v) is 2.67. The molecule has 0 radical (unpaired) electrons. The summed E-state index contributed by atoms with van der Waals surface area (Å²) in [5.41, 5.74) is 3.97. The summed E-state index contributed by atoms with van der Waals surface area (Å²) in [6.45, 7) is 10.7. The number of aromatic nitrogens is 2. The molecule has 0 spiro atoms. The van der Waals surface area contributed by atoms with Crippen molar-refractivity contribution in [3.63, 3.8) is 0 Å². The Kier molecular flexibility index (Phi) is 4.71. The number of rotatable bonds is 4. The van der Waals surface area contributed by atoms with Gasteiger partial charge in [-0.3, -0.25) is 0 Å². The fraction of sp³-hybridized carbons (Fsp3) is 0.750. The van der Waals surface area contributed by atoms with Crippen LogP contribution in [0.3, 0.4) is 0 Å². The van der Waals surface area contributed by atoms with E-state index in [9.17, 15) is 0 Å². The molecule has 1 saturated carbocycles. The average molecular weight is 292 g/mol. The highest BCUT2D eigenvalue weighted by molar-refractivity contribution is 5.47. The topological polar surface area (TPSA) is 73.1 Å². The first-order chi connectivity index (χ1) is 9.82. The molecule has 5 nitrogen and oxygen atoms in total. The predicted molar refractivity (Wildman–Crippen MR) is 85.3 cm³/mol. The van der Waals surface area contributed by atoms with Crippen molar-refractivity contribution < 1.29 is 4.74 Å². The highest BCUT2D eigenvalue weighted by Crippen LogP contribution is 2.37. The van der Waals surface area contributed by atoms with Gasteiger partial charge >= 0.3 is 0 Å². The van der Waals surface area contributed by atoms with E-state index in [1.165, 1.54) is 12.8 Å². The second-order valence-electron chi connectivity index (χ2n) is 7.14. The number of nitrogens with zero attached hydrogens (tertiary/aromatic N) is 2. The number of hydrazine groups is 1. The summed E-state index contributed by atoms with van der Waals surface area (Å²) in [5, 5.41) is 0. The second-order valence-corrected chi connectivity index (χ2v) is 7.14. The number of nitrogens with two attached hydrogens (primary N) is 1. The highest BCUT2D eigenvalue weighted by Gasteiger charge is 2.28. The third kappa shape index (κ3) is 3.84. The monoisotopic (exact) mass is 292 g/mol. The molecule has 2 rings (SSSR count). The molecular formula is C16H28N4O. The van der Waals surface area contributed by atoms with Gasteiger partial charge in [0.05, 0.1) is 5.56 Å². The zero-order valence-corrected chi connectivity index (χ0v) is 13.9. The first-order valence-corrected chi connectivity index (χ1v) is 7.84. The van der Waals surface area contributed by atoms with Crippen molar-refractivity contribution >= 4 is 5.82 Å². The molecule has 1 aliphatic rings. The van der Waals surface area contributed by atoms with Crippen molar-refractivity contribution in [2.75, 3.05) is 5.43 Å². The minimum absolute atomic E-state index is 0.241. The van der Waals surface area contributed by atoms with Crippen LogP contribution in [-0.4, -0.2) is 16.1 Å². The van der Waals surface area contributed by atoms with E-state index in [1.54, 1.807) is 0 Å². The van der Waals surface area contributed by atoms with Crippen LogP contribution in [0.1, 0.15) is 70.7 Å². The van der Waals surface area contributed by atoms with Gasteiger partial charge in [-0.25, -0.2) is 10.8 Å². The van der Waals surface area contributed by atoms with Gasteiger partial charge in [-0.15, -0.1) is 0 Å². The Morgan fingerprint density at radius 1 is 1.24 bits per heavy atom. The van der Waals surface area contributed by atoms with Gasteiger partial charge in [0.15, 0.2) is 0 Å². The molecule has 21 heavy (non-hydrogen) atoms. The van der Waals surface area contributed by atoms with E-state index in [2.05, 4.69) is 43.1 Å². The molecule has 1 aromatic heterocycles. The SMILES string of the molecule is Cc1c(NN)nc(C(C)C)nc1OC1CCC(C)(C)CC1. The quantitative estimate of drug-likeness (QED) is 0.656. The van der Waals surface area contributed by atoms with Crippen molar-refractivity contribution in [1.29, 1.82) is 0 Å². The Morgan fingerprint density at radius 2 is 1.86 bits per heavy atom. The maximum absolute atomic E-state index is 6.17. The van der Waals surface area contributed by atoms with E-state index in [0.717, 1.165) is 24.2 Å². The van der Waals surface area contributed by atoms with Crippen LogP contribution in [0.25, 0.3) is 0 Å². The summed E-state index contributed by atoms with van der Waals surface area (Å²) in [6, 6.07) is 0. The summed E-state index contributed by atoms with van der Waals surface area (Å²) < 4.78 is 6.17. The Bertz CT molecular complexity index is 489. The zero-order valence-electron chi connectivity index (χ0n) is 13.9. The van der Waals surface area contributed by atoms with Crippen LogP contribution in [0.4, 0.5) is 5.82 Å². The van der Waals surface area contributed by atoms with Gasteiger partial charge in [-0.2, -0.15) is 4.98 Å². The minimum atomic E-state index is 0.241. The largest absolute Gasteiger partial charge is 0.474 e. The van der Waals surface area contributed by atoms with Crippen LogP contribution in [-0.2, 0) is 0 Å². The molecule has 0 aliphatic heterocycles. The standard InChI is InChI=1S/C16H28N4O/c1-10(2)13-18-14(20-17)11(3)15(19-13)21-12-6-8-16(4,5)9-7-12/h10,12H,6-9,17H2,1-5H3,(H,18,19,20). The Labute approximate surface area is 127 Å². The molecule has 1 heterocycles. The summed E-state index contributed by atoms with van der Waals surface area (Å²) >= 11 is 0. The summed E-state index contributed by atoms with van der Waals surface area (Å²) in [6.07, 6.45) is 4.80. The molecule has 0 unspecified atom stereocenters. The number of anilines is 1. The third-order valence-corrected chi connectivity index (χ3v) is 4.34. The Balaban J connectivity index is 2.17. The maximum atomic E-state index is 6.17. The molecule has 0 saturated heterocycles. The predicted octanol–water partition coefficient (Wildman–Crippen LogP) is 3.54. The maximum Gasteiger partial charge on any atom is 0.222 e. The molecule has 0 atom stereocenters. The Hall–Kier alpha value is -1.36. The molecular weight excluding hydrogens is 264 g/mol. The zero-order chi connectivity index (χ0) is 15.6. The number of hydrogen-bond acceptors (Lipinski definition) is 5. The van der Waals surface area contributed by atoms with E-state index in [-0.39, 0.29) is 12.0 Å². The van der Waals surface area contributed by atoms with Crippen molar-refractivity contribution in [3.05, 3.63) is 11.4 Å². The molecule has 1 aromatic rings. The molecule has 118 valence electrons. The van der Waals surface area contributed by atoms with Crippen LogP contribution in [0.5, 0.6) is 5.88 Å². The fourth-order valence-electron chi connectivity index (χ4n) is 2.67. The molecule has 0 bridgehead atoms. The van der Waals surface area contributed by atoms with Crippen LogP contribution >= 0.6 is 0 Å². The van der Waals surface area contributed by atoms with Gasteiger partial charge < -0.3 is 10.2 Å². The number of hydrogen-bond donors (Lipinski definition) is 2. The van der Waals surface area contributed by atoms with Crippen LogP contribution in [0.15, 0.2) is 0 Å². The third-order valence-electron chi connectivity index (χ3n) is 4.34. The van der Waals surface area contributed by atoms with Crippen molar-refractivity contribution in [2.45, 2.75) is 72.3 Å². The first kappa shape index (κ1) is 16.0. The second kappa shape index (κ2) is 6.18. The van der Waals surface area contributed by atoms with E-state index in [4.69, 9.17) is 10.6 Å². The molecule has 5 heteroatoms. The van der Waals surface area contributed by atoms with Crippen LogP contribution in [0, 0.1) is 12.3 Å². The van der Waals surface area contributed by atoms with Crippen LogP contribution in [0.2, 0.25) is 0 Å². The number of ether oxygens (including phenoxy) is 1. The van der Waals surface area contributed by atoms with Crippen molar-refractivity contribution in [1.82, 2.24) is 9.97 Å². The van der Waals surface area contributed by atoms with E-state index < -0.39 is 0 Å². The average Bonchev–Trinajstić information content (AvgIpc) is 2.43. The Morgan fingerprint density at radius 3 is 2.38 bits per heavy atom. The number of nitrogens with one attached hydrogen (secondary N) is 1. The van der Waals surface area contributed by atoms with Gasteiger partial charge in [0, 0.05) is 5.92 Å². The van der Waals surface area contributed by atoms with E-state index in [0.29, 0.717) is 17.1 Å². The lowest BCUT2D eigenvalue weighted by molar-refractivity contribution is 0.0939. The highest BCUT2D eigenvalue weighted by atomic mass is 16.5. The van der Waals surface area contributed by atoms with Gasteiger partial charge in [0.25, 0.3) is 0 Å². The van der Waals surface area contributed by atoms with Gasteiger partial charge in [0.1, 0.15) is 17.7 Å². The van der Waals surface area contributed by atoms with Gasteiger partial charge in [0.2, 0.25) is 5.88 Å². The molecule has 1 fully saturated rings. The molecule has 0 aromatic carbocycles. The molecule has 1 aliphatic carbocycles. The van der Waals surface area contributed by atoms with Gasteiger partial charge in [-0.05, 0) is 38.0 Å². The molecule has 0 amide bonds. The van der Waals surface area contributed by atoms with E-state index >= 15 is 0 Å². The van der Waals surface area contributed by atoms with Crippen molar-refractivity contribution in [3.8, 4) is 5.88 Å². The number of nitrogen functional groups attached to an aromatic ring is 1. The summed E-state index contributed by atoms with van der Waals surface area (Å²) in [4.78, 5) is 9.02. The van der Waals surface area contributed by atoms with E-state index in [1.807, 2.05) is 6.92 Å². The minimum Gasteiger partial charge on any atom is -0.474 e. The molecule has 3 N–H and O–H groups in total. The lowest BCUT2D eigenvalue weighted by Gasteiger charge is -2.34. The summed E-state index contributed by atoms with van der Waals surface area (Å²) in [7, 11) is 0. The lowest BCUT2D eigenvalue weighted by Crippen LogP contribution is -2.29. The van der Waals surface area contributed by atoms with Crippen LogP contribution < -0.4 is 16.0 Å². The normalized spacial score (nSPS) is 18.8. The van der Waals surface area contributed by atoms with Gasteiger partial charge in [-0.1, -0.05) is 27.7 Å². The lowest BCUT2D eigenvalue weighted by atomic mass is 9.76. The summed E-state index contributed by atoms with van der Waals surface area (Å²) in [5.74, 6) is 7.89. The smallest absolute Gasteiger partial charge is 0.222 e.